The lowest BCUT2D eigenvalue weighted by Gasteiger charge is -2.12. The molecule has 4 rings (SSSR count). The van der Waals surface area contributed by atoms with Crippen molar-refractivity contribution in [2.75, 3.05) is 5.32 Å². The molecule has 0 aliphatic rings. The Hall–Kier alpha value is -3.95. The Labute approximate surface area is 160 Å². The fraction of sp³-hybridized carbons (Fsp3) is 0.0526. The van der Waals surface area contributed by atoms with Crippen LogP contribution < -0.4 is 15.5 Å². The summed E-state index contributed by atoms with van der Waals surface area (Å²) in [6, 6.07) is 7.99. The molecule has 0 aliphatic carbocycles. The van der Waals surface area contributed by atoms with Crippen LogP contribution in [0.5, 0.6) is 5.75 Å². The lowest BCUT2D eigenvalue weighted by atomic mass is 10.2. The van der Waals surface area contributed by atoms with Gasteiger partial charge in [0, 0.05) is 36.4 Å². The number of hydrogen-bond acceptors (Lipinski definition) is 7. The molecule has 1 N–H and O–H groups in total. The summed E-state index contributed by atoms with van der Waals surface area (Å²) >= 11 is 0. The van der Waals surface area contributed by atoms with E-state index in [4.69, 9.17) is 4.42 Å². The van der Waals surface area contributed by atoms with Crippen molar-refractivity contribution in [3.05, 3.63) is 71.4 Å². The molecule has 0 fully saturated rings. The number of nitrogens with one attached hydrogen (secondary N) is 1. The lowest BCUT2D eigenvalue weighted by molar-refractivity contribution is -0.274. The Kier molecular flexibility index (Phi) is 4.59. The summed E-state index contributed by atoms with van der Waals surface area (Å²) in [5.74, 6) is -0.0697. The molecule has 1 aromatic carbocycles. The largest absolute Gasteiger partial charge is 0.573 e. The molecular weight excluding hydrogens is 389 g/mol. The molecule has 0 radical (unpaired) electrons. The van der Waals surface area contributed by atoms with E-state index in [-0.39, 0.29) is 33.7 Å². The maximum atomic E-state index is 12.5. The molecule has 0 spiro atoms. The molecule has 146 valence electrons. The Morgan fingerprint density at radius 2 is 1.90 bits per heavy atom. The Bertz CT molecular complexity index is 1230. The third-order valence-corrected chi connectivity index (χ3v) is 3.79. The number of anilines is 2. The van der Waals surface area contributed by atoms with Crippen molar-refractivity contribution < 1.29 is 22.3 Å². The van der Waals surface area contributed by atoms with Gasteiger partial charge >= 0.3 is 6.36 Å². The maximum Gasteiger partial charge on any atom is 0.573 e. The van der Waals surface area contributed by atoms with Crippen LogP contribution in [0.2, 0.25) is 0 Å². The molecule has 7 nitrogen and oxygen atoms in total. The summed E-state index contributed by atoms with van der Waals surface area (Å²) in [7, 11) is 0. The summed E-state index contributed by atoms with van der Waals surface area (Å²) in [6.45, 7) is 0. The molecule has 3 aromatic heterocycles. The van der Waals surface area contributed by atoms with Crippen LogP contribution in [0.25, 0.3) is 22.4 Å². The first-order valence-corrected chi connectivity index (χ1v) is 8.21. The highest BCUT2D eigenvalue weighted by atomic mass is 19.4. The van der Waals surface area contributed by atoms with E-state index in [2.05, 4.69) is 25.0 Å². The molecule has 0 unspecified atom stereocenters. The number of rotatable bonds is 4. The van der Waals surface area contributed by atoms with Gasteiger partial charge in [0.2, 0.25) is 0 Å². The number of alkyl halides is 3. The van der Waals surface area contributed by atoms with Crippen LogP contribution in [0.1, 0.15) is 0 Å². The second kappa shape index (κ2) is 7.23. The average Bonchev–Trinajstić information content (AvgIpc) is 2.68. The number of halogens is 3. The van der Waals surface area contributed by atoms with Crippen molar-refractivity contribution in [3.8, 4) is 17.2 Å². The molecule has 0 saturated carbocycles. The number of benzene rings is 1. The van der Waals surface area contributed by atoms with Crippen LogP contribution in [-0.4, -0.2) is 21.3 Å². The number of fused-ring (bicyclic) bond motifs is 1. The van der Waals surface area contributed by atoms with Gasteiger partial charge < -0.3 is 14.5 Å². The third-order valence-electron chi connectivity index (χ3n) is 3.79. The van der Waals surface area contributed by atoms with Gasteiger partial charge in [0.15, 0.2) is 22.6 Å². The van der Waals surface area contributed by atoms with Gasteiger partial charge in [-0.3, -0.25) is 9.78 Å². The minimum absolute atomic E-state index is 0.128. The van der Waals surface area contributed by atoms with Crippen LogP contribution in [-0.2, 0) is 0 Å². The number of pyridine rings is 1. The van der Waals surface area contributed by atoms with Crippen LogP contribution in [0.3, 0.4) is 0 Å². The first kappa shape index (κ1) is 18.4. The molecule has 0 atom stereocenters. The molecule has 0 amide bonds. The summed E-state index contributed by atoms with van der Waals surface area (Å²) in [4.78, 5) is 24.7. The summed E-state index contributed by atoms with van der Waals surface area (Å²) in [5, 5.41) is 3.10. The van der Waals surface area contributed by atoms with Crippen molar-refractivity contribution in [2.24, 2.45) is 0 Å². The van der Waals surface area contributed by atoms with E-state index in [1.807, 2.05) is 0 Å². The normalized spacial score (nSPS) is 11.4. The zero-order valence-electron chi connectivity index (χ0n) is 14.5. The number of aromatic nitrogens is 3. The van der Waals surface area contributed by atoms with E-state index in [0.717, 1.165) is 6.07 Å². The first-order valence-electron chi connectivity index (χ1n) is 8.21. The van der Waals surface area contributed by atoms with Crippen molar-refractivity contribution in [2.45, 2.75) is 6.36 Å². The predicted molar refractivity (Wildman–Crippen MR) is 97.7 cm³/mol. The molecule has 0 saturated heterocycles. The smallest absolute Gasteiger partial charge is 0.450 e. The quantitative estimate of drug-likeness (QED) is 0.547. The van der Waals surface area contributed by atoms with Crippen LogP contribution in [0.4, 0.5) is 24.7 Å². The molecule has 3 heterocycles. The van der Waals surface area contributed by atoms with Crippen LogP contribution in [0.15, 0.2) is 70.4 Å². The number of hydrogen-bond donors (Lipinski definition) is 1. The van der Waals surface area contributed by atoms with Crippen molar-refractivity contribution in [1.29, 1.82) is 0 Å². The van der Waals surface area contributed by atoms with E-state index in [0.29, 0.717) is 5.69 Å². The van der Waals surface area contributed by atoms with Crippen molar-refractivity contribution in [3.63, 3.8) is 0 Å². The van der Waals surface area contributed by atoms with Gasteiger partial charge in [-0.25, -0.2) is 9.97 Å². The average molecular weight is 400 g/mol. The lowest BCUT2D eigenvalue weighted by Crippen LogP contribution is -2.17. The zero-order chi connectivity index (χ0) is 20.4. The molecule has 4 aromatic rings. The van der Waals surface area contributed by atoms with E-state index in [1.165, 1.54) is 55.1 Å². The van der Waals surface area contributed by atoms with Crippen molar-refractivity contribution in [1.82, 2.24) is 15.0 Å². The Balaban J connectivity index is 1.76. The molecule has 0 aliphatic heterocycles. The second-order valence-corrected chi connectivity index (χ2v) is 5.80. The minimum Gasteiger partial charge on any atom is -0.450 e. The number of nitrogens with zero attached hydrogens (tertiary/aromatic N) is 3. The van der Waals surface area contributed by atoms with E-state index in [9.17, 15) is 18.0 Å². The predicted octanol–water partition coefficient (Wildman–Crippen LogP) is 4.29. The minimum atomic E-state index is -4.81. The van der Waals surface area contributed by atoms with E-state index >= 15 is 0 Å². The standard InChI is InChI=1S/C19H11F3N4O3/c20-19(21,22)29-12-3-1-2-11(8-12)26-18-17-13(4-5-25-18)15(27)9-16(28-17)14-10-23-6-7-24-14/h1-10H,(H,25,26). The number of ether oxygens (including phenoxy) is 1. The Morgan fingerprint density at radius 3 is 2.66 bits per heavy atom. The zero-order valence-corrected chi connectivity index (χ0v) is 14.5. The summed E-state index contributed by atoms with van der Waals surface area (Å²) < 4.78 is 47.0. The Morgan fingerprint density at radius 1 is 1.03 bits per heavy atom. The van der Waals surface area contributed by atoms with Gasteiger partial charge in [-0.15, -0.1) is 13.2 Å². The summed E-state index contributed by atoms with van der Waals surface area (Å²) in [6.07, 6.45) is 0.946. The monoisotopic (exact) mass is 400 g/mol. The van der Waals surface area contributed by atoms with Gasteiger partial charge in [-0.1, -0.05) is 6.07 Å². The molecular formula is C19H11F3N4O3. The fourth-order valence-electron chi connectivity index (χ4n) is 2.63. The van der Waals surface area contributed by atoms with Gasteiger partial charge in [-0.2, -0.15) is 0 Å². The topological polar surface area (TPSA) is 90.1 Å². The van der Waals surface area contributed by atoms with Crippen molar-refractivity contribution >= 4 is 22.5 Å². The highest BCUT2D eigenvalue weighted by Gasteiger charge is 2.31. The second-order valence-electron chi connectivity index (χ2n) is 5.80. The molecule has 10 heteroatoms. The third kappa shape index (κ3) is 4.15. The van der Waals surface area contributed by atoms with Gasteiger partial charge in [0.1, 0.15) is 11.4 Å². The summed E-state index contributed by atoms with van der Waals surface area (Å²) in [5.41, 5.74) is 0.412. The van der Waals surface area contributed by atoms with Gasteiger partial charge in [0.05, 0.1) is 11.6 Å². The van der Waals surface area contributed by atoms with Gasteiger partial charge in [0.25, 0.3) is 0 Å². The van der Waals surface area contributed by atoms with Gasteiger partial charge in [-0.05, 0) is 18.2 Å². The van der Waals surface area contributed by atoms with Crippen LogP contribution in [0, 0.1) is 0 Å². The molecule has 0 bridgehead atoms. The highest BCUT2D eigenvalue weighted by molar-refractivity contribution is 5.88. The SMILES string of the molecule is O=c1cc(-c2cnccn2)oc2c(Nc3cccc(OC(F)(F)F)c3)nccc12. The fourth-order valence-corrected chi connectivity index (χ4v) is 2.63. The highest BCUT2D eigenvalue weighted by Crippen LogP contribution is 2.29. The van der Waals surface area contributed by atoms with E-state index in [1.54, 1.807) is 0 Å². The van der Waals surface area contributed by atoms with E-state index < -0.39 is 12.1 Å². The van der Waals surface area contributed by atoms with Crippen LogP contribution >= 0.6 is 0 Å². The molecule has 29 heavy (non-hydrogen) atoms. The maximum absolute atomic E-state index is 12.5. The first-order chi connectivity index (χ1) is 13.9.